The molecule has 0 spiro atoms. The van der Waals surface area contributed by atoms with Gasteiger partial charge >= 0.3 is 0 Å². The van der Waals surface area contributed by atoms with Gasteiger partial charge in [0.25, 0.3) is 11.8 Å². The highest BCUT2D eigenvalue weighted by Gasteiger charge is 2.25. The molecule has 1 atom stereocenters. The number of pyridine rings is 1. The number of amides is 2. The van der Waals surface area contributed by atoms with Crippen molar-refractivity contribution < 1.29 is 9.59 Å². The summed E-state index contributed by atoms with van der Waals surface area (Å²) in [5, 5.41) is 3.57. The lowest BCUT2D eigenvalue weighted by Crippen LogP contribution is -2.18. The average molecular weight is 443 g/mol. The predicted molar refractivity (Wildman–Crippen MR) is 128 cm³/mol. The molecule has 0 saturated heterocycles. The molecule has 160 valence electrons. The van der Waals surface area contributed by atoms with Gasteiger partial charge in [-0.3, -0.25) is 9.59 Å². The Kier molecular flexibility index (Phi) is 5.11. The second-order valence-corrected chi connectivity index (χ2v) is 9.01. The van der Waals surface area contributed by atoms with Crippen LogP contribution in [0.4, 0.5) is 11.4 Å². The number of hydrogen-bond donors (Lipinski definition) is 3. The zero-order valence-corrected chi connectivity index (χ0v) is 18.1. The van der Waals surface area contributed by atoms with Crippen molar-refractivity contribution >= 4 is 44.7 Å². The molecule has 6 nitrogen and oxygen atoms in total. The molecular weight excluding hydrogens is 420 g/mol. The Labute approximate surface area is 189 Å². The van der Waals surface area contributed by atoms with E-state index >= 15 is 0 Å². The molecule has 0 bridgehead atoms. The number of nitrogens with two attached hydrogens (primary N) is 2. The third kappa shape index (κ3) is 3.61. The highest BCUT2D eigenvalue weighted by Crippen LogP contribution is 2.38. The van der Waals surface area contributed by atoms with Gasteiger partial charge in [0.2, 0.25) is 0 Å². The van der Waals surface area contributed by atoms with E-state index in [1.165, 1.54) is 22.5 Å². The van der Waals surface area contributed by atoms with Crippen LogP contribution < -0.4 is 16.8 Å². The van der Waals surface area contributed by atoms with Crippen molar-refractivity contribution in [1.82, 2.24) is 4.98 Å². The molecule has 2 heterocycles. The van der Waals surface area contributed by atoms with E-state index in [0.717, 1.165) is 35.2 Å². The molecular formula is C25H22N4O2S. The molecule has 2 amide bonds. The number of rotatable bonds is 4. The SMILES string of the molecule is NC(=O)c1ccccc1NC(=O)c1sc2nc3c(cc2c1N)CC(c1ccccc1)CC3. The standard InChI is InChI=1S/C25H22N4O2S/c26-21-18-13-16-12-15(14-6-2-1-3-7-14)10-11-19(16)29-25(18)32-22(21)24(31)28-20-9-5-4-8-17(20)23(27)30/h1-9,13,15H,10-12,26H2,(H2,27,30)(H,28,31). The van der Waals surface area contributed by atoms with Crippen LogP contribution in [0.5, 0.6) is 0 Å². The Morgan fingerprint density at radius 3 is 2.59 bits per heavy atom. The molecule has 1 aliphatic rings. The van der Waals surface area contributed by atoms with Crippen molar-refractivity contribution in [2.24, 2.45) is 5.73 Å². The molecule has 2 aromatic heterocycles. The number of aryl methyl sites for hydroxylation is 1. The fourth-order valence-corrected chi connectivity index (χ4v) is 5.35. The minimum absolute atomic E-state index is 0.251. The summed E-state index contributed by atoms with van der Waals surface area (Å²) < 4.78 is 0. The van der Waals surface area contributed by atoms with Crippen LogP contribution in [0.1, 0.15) is 49.2 Å². The normalized spacial score (nSPS) is 15.3. The van der Waals surface area contributed by atoms with Crippen LogP contribution in [0, 0.1) is 0 Å². The number of hydrogen-bond acceptors (Lipinski definition) is 5. The fraction of sp³-hybridized carbons (Fsp3) is 0.160. The van der Waals surface area contributed by atoms with Crippen molar-refractivity contribution in [3.8, 4) is 0 Å². The number of nitrogens with zero attached hydrogens (tertiary/aromatic N) is 1. The third-order valence-corrected chi connectivity index (χ3v) is 7.12. The van der Waals surface area contributed by atoms with Gasteiger partial charge in [0, 0.05) is 11.1 Å². The lowest BCUT2D eigenvalue weighted by molar-refractivity contribution is 0.100. The van der Waals surface area contributed by atoms with E-state index in [2.05, 4.69) is 35.6 Å². The Balaban J connectivity index is 1.46. The quantitative estimate of drug-likeness (QED) is 0.432. The van der Waals surface area contributed by atoms with Crippen LogP contribution in [-0.2, 0) is 12.8 Å². The lowest BCUT2D eigenvalue weighted by Gasteiger charge is -2.24. The Morgan fingerprint density at radius 2 is 1.81 bits per heavy atom. The minimum atomic E-state index is -0.604. The van der Waals surface area contributed by atoms with E-state index in [4.69, 9.17) is 16.5 Å². The molecule has 0 radical (unpaired) electrons. The fourth-order valence-electron chi connectivity index (χ4n) is 4.35. The number of benzene rings is 2. The molecule has 4 aromatic rings. The first kappa shape index (κ1) is 20.2. The van der Waals surface area contributed by atoms with Gasteiger partial charge in [0.05, 0.1) is 16.9 Å². The van der Waals surface area contributed by atoms with Gasteiger partial charge in [-0.1, -0.05) is 42.5 Å². The van der Waals surface area contributed by atoms with Crippen LogP contribution >= 0.6 is 11.3 Å². The van der Waals surface area contributed by atoms with Gasteiger partial charge in [-0.05, 0) is 54.5 Å². The smallest absolute Gasteiger partial charge is 0.267 e. The molecule has 7 heteroatoms. The Morgan fingerprint density at radius 1 is 1.06 bits per heavy atom. The molecule has 1 unspecified atom stereocenters. The summed E-state index contributed by atoms with van der Waals surface area (Å²) in [4.78, 5) is 30.6. The number of thiophene rings is 1. The number of nitrogens with one attached hydrogen (secondary N) is 1. The van der Waals surface area contributed by atoms with Gasteiger partial charge in [-0.15, -0.1) is 11.3 Å². The van der Waals surface area contributed by atoms with Crippen molar-refractivity contribution in [2.45, 2.75) is 25.2 Å². The molecule has 1 aliphatic carbocycles. The maximum Gasteiger partial charge on any atom is 0.267 e. The molecule has 2 aromatic carbocycles. The van der Waals surface area contributed by atoms with Crippen molar-refractivity contribution in [3.05, 3.63) is 87.9 Å². The first-order valence-electron chi connectivity index (χ1n) is 10.5. The number of nitrogen functional groups attached to an aromatic ring is 1. The summed E-state index contributed by atoms with van der Waals surface area (Å²) in [7, 11) is 0. The number of carbonyl (C=O) groups is 2. The molecule has 32 heavy (non-hydrogen) atoms. The van der Waals surface area contributed by atoms with Crippen LogP contribution in [0.25, 0.3) is 10.2 Å². The first-order chi connectivity index (χ1) is 15.5. The number of anilines is 2. The average Bonchev–Trinajstić information content (AvgIpc) is 3.13. The summed E-state index contributed by atoms with van der Waals surface area (Å²) >= 11 is 1.27. The summed E-state index contributed by atoms with van der Waals surface area (Å²) in [5.41, 5.74) is 16.4. The molecule has 0 aliphatic heterocycles. The number of para-hydroxylation sites is 1. The largest absolute Gasteiger partial charge is 0.397 e. The van der Waals surface area contributed by atoms with Gasteiger partial charge in [-0.2, -0.15) is 0 Å². The minimum Gasteiger partial charge on any atom is -0.397 e. The predicted octanol–water partition coefficient (Wildman–Crippen LogP) is 4.50. The summed E-state index contributed by atoms with van der Waals surface area (Å²) in [6.45, 7) is 0. The maximum absolute atomic E-state index is 13.0. The molecule has 0 saturated carbocycles. The van der Waals surface area contributed by atoms with E-state index in [1.807, 2.05) is 6.07 Å². The number of carbonyl (C=O) groups excluding carboxylic acids is 2. The number of aromatic nitrogens is 1. The monoisotopic (exact) mass is 442 g/mol. The highest BCUT2D eigenvalue weighted by molar-refractivity contribution is 7.21. The van der Waals surface area contributed by atoms with Crippen LogP contribution in [0.15, 0.2) is 60.7 Å². The van der Waals surface area contributed by atoms with Crippen molar-refractivity contribution in [1.29, 1.82) is 0 Å². The number of primary amides is 1. The Bertz CT molecular complexity index is 1350. The molecule has 5 N–H and O–H groups in total. The summed E-state index contributed by atoms with van der Waals surface area (Å²) in [6, 6.07) is 19.3. The summed E-state index contributed by atoms with van der Waals surface area (Å²) in [6.07, 6.45) is 2.86. The van der Waals surface area contributed by atoms with E-state index in [1.54, 1.807) is 24.3 Å². The third-order valence-electron chi connectivity index (χ3n) is 6.00. The van der Waals surface area contributed by atoms with E-state index in [-0.39, 0.29) is 11.5 Å². The lowest BCUT2D eigenvalue weighted by atomic mass is 9.82. The zero-order chi connectivity index (χ0) is 22.2. The molecule has 5 rings (SSSR count). The second kappa shape index (κ2) is 8.09. The van der Waals surface area contributed by atoms with Crippen molar-refractivity contribution in [3.63, 3.8) is 0 Å². The first-order valence-corrected chi connectivity index (χ1v) is 11.3. The van der Waals surface area contributed by atoms with E-state index < -0.39 is 5.91 Å². The topological polar surface area (TPSA) is 111 Å². The van der Waals surface area contributed by atoms with Crippen LogP contribution in [0.3, 0.4) is 0 Å². The second-order valence-electron chi connectivity index (χ2n) is 8.01. The van der Waals surface area contributed by atoms with Crippen LogP contribution in [0.2, 0.25) is 0 Å². The van der Waals surface area contributed by atoms with Crippen LogP contribution in [-0.4, -0.2) is 16.8 Å². The molecule has 0 fully saturated rings. The van der Waals surface area contributed by atoms with Crippen molar-refractivity contribution in [2.75, 3.05) is 11.1 Å². The highest BCUT2D eigenvalue weighted by atomic mass is 32.1. The summed E-state index contributed by atoms with van der Waals surface area (Å²) in [5.74, 6) is -0.525. The maximum atomic E-state index is 13.0. The van der Waals surface area contributed by atoms with Gasteiger partial charge in [0.15, 0.2) is 0 Å². The zero-order valence-electron chi connectivity index (χ0n) is 17.3. The number of fused-ring (bicyclic) bond motifs is 2. The Hall–Kier alpha value is -3.71. The van der Waals surface area contributed by atoms with Gasteiger partial charge < -0.3 is 16.8 Å². The van der Waals surface area contributed by atoms with E-state index in [0.29, 0.717) is 22.2 Å². The van der Waals surface area contributed by atoms with E-state index in [9.17, 15) is 9.59 Å². The van der Waals surface area contributed by atoms with Gasteiger partial charge in [-0.25, -0.2) is 4.98 Å². The van der Waals surface area contributed by atoms with Gasteiger partial charge in [0.1, 0.15) is 9.71 Å².